The van der Waals surface area contributed by atoms with Crippen LogP contribution in [-0.2, 0) is 11.0 Å². The molecular formula is C11H5BrF3NO3. The van der Waals surface area contributed by atoms with Crippen molar-refractivity contribution in [3.63, 3.8) is 0 Å². The van der Waals surface area contributed by atoms with Gasteiger partial charge in [0.2, 0.25) is 0 Å². The zero-order valence-corrected chi connectivity index (χ0v) is 10.6. The Bertz CT molecular complexity index is 690. The van der Waals surface area contributed by atoms with Gasteiger partial charge in [0.25, 0.3) is 5.78 Å². The Balaban J connectivity index is 2.85. The highest BCUT2D eigenvalue weighted by atomic mass is 79.9. The van der Waals surface area contributed by atoms with Crippen molar-refractivity contribution in [2.75, 3.05) is 0 Å². The van der Waals surface area contributed by atoms with Crippen LogP contribution in [0.1, 0.15) is 16.1 Å². The van der Waals surface area contributed by atoms with Gasteiger partial charge in [0.05, 0.1) is 5.56 Å². The van der Waals surface area contributed by atoms with Gasteiger partial charge in [-0.15, -0.1) is 0 Å². The monoisotopic (exact) mass is 335 g/mol. The molecule has 0 unspecified atom stereocenters. The third kappa shape index (κ3) is 2.35. The Morgan fingerprint density at radius 1 is 1.26 bits per heavy atom. The summed E-state index contributed by atoms with van der Waals surface area (Å²) in [6, 6.07) is 4.07. The molecular weight excluding hydrogens is 331 g/mol. The predicted octanol–water partition coefficient (Wildman–Crippen LogP) is 3.22. The van der Waals surface area contributed by atoms with E-state index in [1.165, 1.54) is 18.2 Å². The fraction of sp³-hybridized carbons (Fsp3) is 0.0909. The third-order valence-electron chi connectivity index (χ3n) is 2.47. The zero-order valence-electron chi connectivity index (χ0n) is 9.01. The summed E-state index contributed by atoms with van der Waals surface area (Å²) >= 11 is 3.06. The second-order valence-electron chi connectivity index (χ2n) is 3.70. The zero-order chi connectivity index (χ0) is 14.4. The maximum absolute atomic E-state index is 12.8. The molecule has 8 heteroatoms. The minimum atomic E-state index is -4.84. The van der Waals surface area contributed by atoms with Crippen molar-refractivity contribution in [3.05, 3.63) is 33.9 Å². The quantitative estimate of drug-likeness (QED) is 0.654. The molecule has 0 spiro atoms. The molecule has 2 rings (SSSR count). The van der Waals surface area contributed by atoms with Crippen LogP contribution < -0.4 is 0 Å². The number of carboxylic acids is 1. The molecule has 1 aromatic carbocycles. The summed E-state index contributed by atoms with van der Waals surface area (Å²) in [4.78, 5) is 24.2. The lowest BCUT2D eigenvalue weighted by Crippen LogP contribution is -2.18. The molecule has 1 aromatic heterocycles. The van der Waals surface area contributed by atoms with E-state index in [1.807, 2.05) is 4.98 Å². The van der Waals surface area contributed by atoms with E-state index in [1.54, 1.807) is 0 Å². The highest BCUT2D eigenvalue weighted by Crippen LogP contribution is 2.36. The number of carbonyl (C=O) groups is 2. The average molecular weight is 336 g/mol. The Labute approximate surface area is 112 Å². The van der Waals surface area contributed by atoms with E-state index in [0.717, 1.165) is 0 Å². The second kappa shape index (κ2) is 4.37. The van der Waals surface area contributed by atoms with Gasteiger partial charge in [0.1, 0.15) is 5.69 Å². The van der Waals surface area contributed by atoms with Crippen LogP contribution in [0.15, 0.2) is 22.7 Å². The predicted molar refractivity (Wildman–Crippen MR) is 63.0 cm³/mol. The Hall–Kier alpha value is -1.83. The summed E-state index contributed by atoms with van der Waals surface area (Å²) in [5, 5.41) is 8.54. The average Bonchev–Trinajstić information content (AvgIpc) is 2.65. The number of ketones is 1. The number of hydrogen-bond acceptors (Lipinski definition) is 2. The summed E-state index contributed by atoms with van der Waals surface area (Å²) in [5.74, 6) is -3.54. The van der Waals surface area contributed by atoms with Gasteiger partial charge in [-0.2, -0.15) is 13.2 Å². The Morgan fingerprint density at radius 3 is 2.42 bits per heavy atom. The molecule has 0 aliphatic rings. The van der Waals surface area contributed by atoms with E-state index in [-0.39, 0.29) is 10.9 Å². The number of carboxylic acid groups (broad SMARTS) is 1. The Morgan fingerprint density at radius 2 is 1.89 bits per heavy atom. The van der Waals surface area contributed by atoms with Crippen LogP contribution in [0.4, 0.5) is 13.2 Å². The van der Waals surface area contributed by atoms with Gasteiger partial charge < -0.3 is 10.1 Å². The first-order valence-corrected chi connectivity index (χ1v) is 5.67. The fourth-order valence-corrected chi connectivity index (χ4v) is 2.08. The topological polar surface area (TPSA) is 70.2 Å². The van der Waals surface area contributed by atoms with Crippen molar-refractivity contribution < 1.29 is 27.9 Å². The molecule has 0 radical (unpaired) electrons. The van der Waals surface area contributed by atoms with Crippen LogP contribution >= 0.6 is 15.9 Å². The van der Waals surface area contributed by atoms with Crippen molar-refractivity contribution in [1.29, 1.82) is 0 Å². The Kier molecular flexibility index (Phi) is 3.13. The lowest BCUT2D eigenvalue weighted by molar-refractivity contribution is -0.141. The molecule has 4 nitrogen and oxygen atoms in total. The highest BCUT2D eigenvalue weighted by molar-refractivity contribution is 9.10. The van der Waals surface area contributed by atoms with Gasteiger partial charge in [-0.3, -0.25) is 4.79 Å². The molecule has 0 bridgehead atoms. The van der Waals surface area contributed by atoms with Crippen molar-refractivity contribution in [1.82, 2.24) is 4.98 Å². The molecule has 0 aliphatic heterocycles. The standard InChI is InChI=1S/C11H5BrF3NO3/c12-4-1-2-6-5(3-4)7(8(17)10(18)19)9(16-6)11(13,14)15/h1-3,16H,(H,18,19). The molecule has 100 valence electrons. The van der Waals surface area contributed by atoms with E-state index < -0.39 is 29.2 Å². The van der Waals surface area contributed by atoms with Crippen LogP contribution in [0.5, 0.6) is 0 Å². The first kappa shape index (κ1) is 13.6. The number of halogens is 4. The molecule has 0 saturated heterocycles. The van der Waals surface area contributed by atoms with Gasteiger partial charge in [-0.1, -0.05) is 15.9 Å². The normalized spacial score (nSPS) is 11.8. The SMILES string of the molecule is O=C(O)C(=O)c1c(C(F)(F)F)[nH]c2ccc(Br)cc12. The highest BCUT2D eigenvalue weighted by Gasteiger charge is 2.40. The van der Waals surface area contributed by atoms with Gasteiger partial charge >= 0.3 is 12.1 Å². The summed E-state index contributed by atoms with van der Waals surface area (Å²) in [7, 11) is 0. The van der Waals surface area contributed by atoms with Crippen LogP contribution in [0.25, 0.3) is 10.9 Å². The molecule has 0 atom stereocenters. The van der Waals surface area contributed by atoms with Gasteiger partial charge in [0, 0.05) is 15.4 Å². The van der Waals surface area contributed by atoms with Crippen LogP contribution in [0.2, 0.25) is 0 Å². The van der Waals surface area contributed by atoms with Crippen molar-refractivity contribution in [2.45, 2.75) is 6.18 Å². The summed E-state index contributed by atoms with van der Waals surface area (Å²) < 4.78 is 38.9. The number of nitrogens with one attached hydrogen (secondary N) is 1. The molecule has 2 aromatic rings. The molecule has 19 heavy (non-hydrogen) atoms. The van der Waals surface area contributed by atoms with Gasteiger partial charge in [0.15, 0.2) is 0 Å². The number of carbonyl (C=O) groups excluding carboxylic acids is 1. The summed E-state index contributed by atoms with van der Waals surface area (Å²) in [6.45, 7) is 0. The number of Topliss-reactive ketones (excluding diaryl/α,β-unsaturated/α-hetero) is 1. The van der Waals surface area contributed by atoms with E-state index in [9.17, 15) is 22.8 Å². The number of H-pyrrole nitrogens is 1. The number of aliphatic carboxylic acids is 1. The van der Waals surface area contributed by atoms with E-state index in [0.29, 0.717) is 4.47 Å². The summed E-state index contributed by atoms with van der Waals surface area (Å²) in [5.41, 5.74) is -2.19. The van der Waals surface area contributed by atoms with Gasteiger partial charge in [-0.05, 0) is 18.2 Å². The third-order valence-corrected chi connectivity index (χ3v) is 2.96. The largest absolute Gasteiger partial charge is 0.475 e. The number of aromatic amines is 1. The summed E-state index contributed by atoms with van der Waals surface area (Å²) in [6.07, 6.45) is -4.84. The van der Waals surface area contributed by atoms with Crippen molar-refractivity contribution in [3.8, 4) is 0 Å². The number of alkyl halides is 3. The molecule has 0 saturated carbocycles. The van der Waals surface area contributed by atoms with E-state index in [2.05, 4.69) is 15.9 Å². The number of fused-ring (bicyclic) bond motifs is 1. The maximum Gasteiger partial charge on any atom is 0.432 e. The molecule has 2 N–H and O–H groups in total. The number of benzene rings is 1. The van der Waals surface area contributed by atoms with E-state index in [4.69, 9.17) is 5.11 Å². The first-order valence-electron chi connectivity index (χ1n) is 4.88. The molecule has 0 amide bonds. The van der Waals surface area contributed by atoms with Crippen LogP contribution in [0, 0.1) is 0 Å². The van der Waals surface area contributed by atoms with Crippen LogP contribution in [0.3, 0.4) is 0 Å². The number of aromatic nitrogens is 1. The molecule has 1 heterocycles. The second-order valence-corrected chi connectivity index (χ2v) is 4.61. The molecule has 0 aliphatic carbocycles. The number of rotatable bonds is 2. The van der Waals surface area contributed by atoms with Crippen LogP contribution in [-0.4, -0.2) is 21.8 Å². The fourth-order valence-electron chi connectivity index (χ4n) is 1.72. The molecule has 0 fully saturated rings. The van der Waals surface area contributed by atoms with Crippen molar-refractivity contribution in [2.24, 2.45) is 0 Å². The van der Waals surface area contributed by atoms with Crippen molar-refractivity contribution >= 4 is 38.6 Å². The minimum Gasteiger partial charge on any atom is -0.475 e. The smallest absolute Gasteiger partial charge is 0.432 e. The lowest BCUT2D eigenvalue weighted by Gasteiger charge is -2.05. The lowest BCUT2D eigenvalue weighted by atomic mass is 10.1. The first-order chi connectivity index (χ1) is 8.71. The minimum absolute atomic E-state index is 0.0418. The van der Waals surface area contributed by atoms with Gasteiger partial charge in [-0.25, -0.2) is 4.79 Å². The van der Waals surface area contributed by atoms with E-state index >= 15 is 0 Å². The number of hydrogen-bond donors (Lipinski definition) is 2. The maximum atomic E-state index is 12.8.